The van der Waals surface area contributed by atoms with Crippen LogP contribution in [0.25, 0.3) is 0 Å². The summed E-state index contributed by atoms with van der Waals surface area (Å²) < 4.78 is 0. The van der Waals surface area contributed by atoms with E-state index in [2.05, 4.69) is 38.4 Å². The minimum atomic E-state index is 0. The first-order valence-electron chi connectivity index (χ1n) is 11.3. The van der Waals surface area contributed by atoms with Crippen LogP contribution in [0.1, 0.15) is 39.7 Å². The molecule has 0 radical (unpaired) electrons. The molecule has 0 saturated carbocycles. The minimum Gasteiger partial charge on any atom is -0.357 e. The van der Waals surface area contributed by atoms with Crippen LogP contribution in [0.4, 0.5) is 5.82 Å². The van der Waals surface area contributed by atoms with E-state index in [1.54, 1.807) is 0 Å². The highest BCUT2D eigenvalue weighted by Gasteiger charge is 2.16. The fourth-order valence-corrected chi connectivity index (χ4v) is 3.56. The summed E-state index contributed by atoms with van der Waals surface area (Å²) in [5, 5.41) is 6.53. The topological polar surface area (TPSA) is 76.1 Å². The van der Waals surface area contributed by atoms with Crippen LogP contribution in [0.15, 0.2) is 23.3 Å². The van der Waals surface area contributed by atoms with Gasteiger partial charge < -0.3 is 25.3 Å². The van der Waals surface area contributed by atoms with E-state index in [0.29, 0.717) is 19.5 Å². The van der Waals surface area contributed by atoms with E-state index in [9.17, 15) is 4.79 Å². The van der Waals surface area contributed by atoms with Crippen LogP contribution in [0.2, 0.25) is 0 Å². The summed E-state index contributed by atoms with van der Waals surface area (Å²) in [5.41, 5.74) is 1.13. The molecular formula is C22H40IN7O. The number of aliphatic imine (C=N–C) groups is 1. The maximum Gasteiger partial charge on any atom is 0.224 e. The number of guanidine groups is 1. The number of nitrogens with zero attached hydrogens (tertiary/aromatic N) is 5. The van der Waals surface area contributed by atoms with Crippen molar-refractivity contribution in [1.29, 1.82) is 0 Å². The fourth-order valence-electron chi connectivity index (χ4n) is 3.56. The molecule has 0 unspecified atom stereocenters. The zero-order valence-electron chi connectivity index (χ0n) is 19.6. The molecule has 0 aromatic carbocycles. The Hall–Kier alpha value is -1.62. The molecular weight excluding hydrogens is 505 g/mol. The lowest BCUT2D eigenvalue weighted by atomic mass is 10.2. The summed E-state index contributed by atoms with van der Waals surface area (Å²) in [5.74, 6) is 1.94. The summed E-state index contributed by atoms with van der Waals surface area (Å²) in [7, 11) is 0. The highest BCUT2D eigenvalue weighted by molar-refractivity contribution is 14.0. The van der Waals surface area contributed by atoms with Crippen LogP contribution in [-0.2, 0) is 11.3 Å². The zero-order valence-corrected chi connectivity index (χ0v) is 21.9. The lowest BCUT2D eigenvalue weighted by Crippen LogP contribution is -2.46. The monoisotopic (exact) mass is 545 g/mol. The quantitative estimate of drug-likeness (QED) is 0.267. The van der Waals surface area contributed by atoms with E-state index in [-0.39, 0.29) is 29.9 Å². The van der Waals surface area contributed by atoms with E-state index in [0.717, 1.165) is 69.7 Å². The molecule has 1 aromatic heterocycles. The van der Waals surface area contributed by atoms with E-state index in [4.69, 9.17) is 4.99 Å². The third-order valence-electron chi connectivity index (χ3n) is 5.46. The highest BCUT2D eigenvalue weighted by atomic mass is 127. The number of piperazine rings is 1. The number of hydrogen-bond acceptors (Lipinski definition) is 5. The molecule has 1 fully saturated rings. The molecule has 0 spiro atoms. The van der Waals surface area contributed by atoms with Crippen molar-refractivity contribution >= 4 is 41.7 Å². The normalized spacial score (nSPS) is 14.7. The molecule has 176 valence electrons. The van der Waals surface area contributed by atoms with E-state index in [1.807, 2.05) is 37.9 Å². The summed E-state index contributed by atoms with van der Waals surface area (Å²) in [6, 6.07) is 4.15. The lowest BCUT2D eigenvalue weighted by Gasteiger charge is -2.34. The van der Waals surface area contributed by atoms with Crippen molar-refractivity contribution in [1.82, 2.24) is 25.4 Å². The van der Waals surface area contributed by atoms with Gasteiger partial charge in [0.15, 0.2) is 5.96 Å². The van der Waals surface area contributed by atoms with Gasteiger partial charge in [-0.2, -0.15) is 0 Å². The van der Waals surface area contributed by atoms with Gasteiger partial charge in [-0.25, -0.2) is 9.98 Å². The van der Waals surface area contributed by atoms with Crippen LogP contribution in [0, 0.1) is 0 Å². The van der Waals surface area contributed by atoms with Gasteiger partial charge in [-0.15, -0.1) is 24.0 Å². The van der Waals surface area contributed by atoms with Crippen LogP contribution in [0.3, 0.4) is 0 Å². The van der Waals surface area contributed by atoms with Crippen molar-refractivity contribution in [2.45, 2.75) is 40.7 Å². The lowest BCUT2D eigenvalue weighted by molar-refractivity contribution is -0.130. The van der Waals surface area contributed by atoms with Gasteiger partial charge in [0.25, 0.3) is 0 Å². The van der Waals surface area contributed by atoms with Crippen LogP contribution < -0.4 is 15.5 Å². The van der Waals surface area contributed by atoms with Gasteiger partial charge in [-0.3, -0.25) is 4.79 Å². The summed E-state index contributed by atoms with van der Waals surface area (Å²) in [4.78, 5) is 28.1. The number of pyridine rings is 1. The maximum atomic E-state index is 12.2. The first-order valence-corrected chi connectivity index (χ1v) is 11.3. The molecule has 1 aliphatic heterocycles. The minimum absolute atomic E-state index is 0. The summed E-state index contributed by atoms with van der Waals surface area (Å²) in [6.45, 7) is 17.0. The standard InChI is InChI=1S/C22H39N7O.HI/c1-5-23-22(25-12-10-21(30)28(7-3)8-4)26-18-19-9-11-24-20(17-19)29-15-13-27(6-2)14-16-29;/h9,11,17H,5-8,10,12-16,18H2,1-4H3,(H2,23,25,26);1H. The molecule has 0 atom stereocenters. The smallest absolute Gasteiger partial charge is 0.224 e. The Morgan fingerprint density at radius 1 is 1.13 bits per heavy atom. The molecule has 31 heavy (non-hydrogen) atoms. The van der Waals surface area contributed by atoms with Gasteiger partial charge in [0.05, 0.1) is 6.54 Å². The Morgan fingerprint density at radius 2 is 1.84 bits per heavy atom. The second-order valence-electron chi connectivity index (χ2n) is 7.38. The van der Waals surface area contributed by atoms with Gasteiger partial charge in [0, 0.05) is 65.0 Å². The molecule has 8 nitrogen and oxygen atoms in total. The second-order valence-corrected chi connectivity index (χ2v) is 7.38. The molecule has 9 heteroatoms. The molecule has 1 aliphatic rings. The number of nitrogens with one attached hydrogen (secondary N) is 2. The number of likely N-dealkylation sites (N-methyl/N-ethyl adjacent to an activating group) is 1. The van der Waals surface area contributed by atoms with Crippen molar-refractivity contribution in [2.24, 2.45) is 4.99 Å². The van der Waals surface area contributed by atoms with Crippen LogP contribution >= 0.6 is 24.0 Å². The summed E-state index contributed by atoms with van der Waals surface area (Å²) >= 11 is 0. The van der Waals surface area contributed by atoms with Crippen LogP contribution in [-0.4, -0.2) is 85.6 Å². The third kappa shape index (κ3) is 9.18. The highest BCUT2D eigenvalue weighted by Crippen LogP contribution is 2.15. The third-order valence-corrected chi connectivity index (χ3v) is 5.46. The van der Waals surface area contributed by atoms with Crippen molar-refractivity contribution in [3.05, 3.63) is 23.9 Å². The predicted molar refractivity (Wildman–Crippen MR) is 139 cm³/mol. The van der Waals surface area contributed by atoms with Gasteiger partial charge in [-0.05, 0) is 45.0 Å². The van der Waals surface area contributed by atoms with Crippen molar-refractivity contribution in [3.8, 4) is 0 Å². The molecule has 2 rings (SSSR count). The van der Waals surface area contributed by atoms with Crippen LogP contribution in [0.5, 0.6) is 0 Å². The SMILES string of the molecule is CCNC(=NCc1ccnc(N2CCN(CC)CC2)c1)NCCC(=O)N(CC)CC.I. The average molecular weight is 546 g/mol. The molecule has 2 heterocycles. The molecule has 1 aromatic rings. The predicted octanol–water partition coefficient (Wildman–Crippen LogP) is 2.16. The Labute approximate surface area is 204 Å². The van der Waals surface area contributed by atoms with Gasteiger partial charge in [0.2, 0.25) is 5.91 Å². The first-order chi connectivity index (χ1) is 14.6. The number of rotatable bonds is 10. The van der Waals surface area contributed by atoms with Gasteiger partial charge in [0.1, 0.15) is 5.82 Å². The Kier molecular flexibility index (Phi) is 13.5. The van der Waals surface area contributed by atoms with Crippen molar-refractivity contribution in [3.63, 3.8) is 0 Å². The van der Waals surface area contributed by atoms with E-state index >= 15 is 0 Å². The van der Waals surface area contributed by atoms with Crippen molar-refractivity contribution < 1.29 is 4.79 Å². The maximum absolute atomic E-state index is 12.2. The Bertz CT molecular complexity index is 674. The Balaban J connectivity index is 0.00000480. The number of carbonyl (C=O) groups excluding carboxylic acids is 1. The molecule has 0 bridgehead atoms. The van der Waals surface area contributed by atoms with Gasteiger partial charge in [-0.1, -0.05) is 6.92 Å². The number of amides is 1. The number of aromatic nitrogens is 1. The molecule has 2 N–H and O–H groups in total. The molecule has 1 amide bonds. The second kappa shape index (κ2) is 15.2. The number of anilines is 1. The summed E-state index contributed by atoms with van der Waals surface area (Å²) in [6.07, 6.45) is 2.34. The largest absolute Gasteiger partial charge is 0.357 e. The molecule has 0 aliphatic carbocycles. The number of carbonyl (C=O) groups is 1. The fraction of sp³-hybridized carbons (Fsp3) is 0.682. The molecule has 1 saturated heterocycles. The zero-order chi connectivity index (χ0) is 21.8. The Morgan fingerprint density at radius 3 is 2.45 bits per heavy atom. The van der Waals surface area contributed by atoms with Crippen molar-refractivity contribution in [2.75, 3.05) is 63.8 Å². The van der Waals surface area contributed by atoms with E-state index < -0.39 is 0 Å². The van der Waals surface area contributed by atoms with E-state index in [1.165, 1.54) is 0 Å². The first kappa shape index (κ1) is 27.4. The number of hydrogen-bond donors (Lipinski definition) is 2. The van der Waals surface area contributed by atoms with Gasteiger partial charge >= 0.3 is 0 Å². The average Bonchev–Trinajstić information content (AvgIpc) is 2.78. The number of halogens is 1.